The maximum absolute atomic E-state index is 12.8. The van der Waals surface area contributed by atoms with Crippen LogP contribution in [0.4, 0.5) is 0 Å². The van der Waals surface area contributed by atoms with Gasteiger partial charge in [-0.25, -0.2) is 0 Å². The Kier molecular flexibility index (Phi) is 4.62. The molecule has 3 aromatic rings. The van der Waals surface area contributed by atoms with Gasteiger partial charge in [0.1, 0.15) is 18.1 Å². The second-order valence-electron chi connectivity index (χ2n) is 6.84. The number of benzene rings is 1. The number of rotatable bonds is 4. The van der Waals surface area contributed by atoms with Gasteiger partial charge in [0.25, 0.3) is 5.91 Å². The Bertz CT molecular complexity index is 934. The molecule has 2 aromatic heterocycles. The highest BCUT2D eigenvalue weighted by Crippen LogP contribution is 2.28. The predicted molar refractivity (Wildman–Crippen MR) is 98.3 cm³/mol. The minimum Gasteiger partial charge on any atom is -0.507 e. The van der Waals surface area contributed by atoms with Gasteiger partial charge in [-0.05, 0) is 31.0 Å². The number of phenols is 1. The number of carbonyl (C=O) groups is 1. The molecule has 1 aliphatic heterocycles. The zero-order valence-electron chi connectivity index (χ0n) is 15.2. The van der Waals surface area contributed by atoms with E-state index in [0.29, 0.717) is 25.2 Å². The third kappa shape index (κ3) is 3.42. The third-order valence-electron chi connectivity index (χ3n) is 5.07. The Morgan fingerprint density at radius 3 is 2.89 bits per heavy atom. The lowest BCUT2D eigenvalue weighted by atomic mass is 9.96. The van der Waals surface area contributed by atoms with E-state index < -0.39 is 0 Å². The number of hydrogen-bond donors (Lipinski definition) is 1. The number of hydrogen-bond acceptors (Lipinski definition) is 5. The van der Waals surface area contributed by atoms with Crippen molar-refractivity contribution >= 4 is 5.91 Å². The van der Waals surface area contributed by atoms with E-state index in [1.165, 1.54) is 0 Å². The van der Waals surface area contributed by atoms with Crippen LogP contribution in [0.3, 0.4) is 0 Å². The molecule has 27 heavy (non-hydrogen) atoms. The number of para-hydroxylation sites is 1. The van der Waals surface area contributed by atoms with Gasteiger partial charge in [0, 0.05) is 38.4 Å². The minimum absolute atomic E-state index is 0.0183. The van der Waals surface area contributed by atoms with E-state index in [-0.39, 0.29) is 17.6 Å². The number of nitrogens with zero attached hydrogens (tertiary/aromatic N) is 6. The number of aromatic nitrogens is 5. The first-order chi connectivity index (χ1) is 13.1. The van der Waals surface area contributed by atoms with Crippen molar-refractivity contribution in [1.82, 2.24) is 29.4 Å². The zero-order valence-corrected chi connectivity index (χ0v) is 15.2. The molecular formula is C19H22N6O2. The van der Waals surface area contributed by atoms with Gasteiger partial charge in [0.15, 0.2) is 5.82 Å². The Morgan fingerprint density at radius 2 is 2.11 bits per heavy atom. The van der Waals surface area contributed by atoms with E-state index in [9.17, 15) is 9.90 Å². The van der Waals surface area contributed by atoms with E-state index >= 15 is 0 Å². The molecule has 0 spiro atoms. The maximum atomic E-state index is 12.8. The molecule has 0 aliphatic carbocycles. The molecule has 3 heterocycles. The molecule has 1 N–H and O–H groups in total. The van der Waals surface area contributed by atoms with Crippen LogP contribution in [0.1, 0.15) is 40.8 Å². The van der Waals surface area contributed by atoms with E-state index in [1.54, 1.807) is 35.4 Å². The van der Waals surface area contributed by atoms with E-state index in [4.69, 9.17) is 0 Å². The molecule has 8 nitrogen and oxygen atoms in total. The van der Waals surface area contributed by atoms with Crippen molar-refractivity contribution in [2.45, 2.75) is 25.3 Å². The molecular weight excluding hydrogens is 344 g/mol. The molecule has 1 saturated heterocycles. The summed E-state index contributed by atoms with van der Waals surface area (Å²) in [4.78, 5) is 14.6. The molecule has 1 atom stereocenters. The zero-order chi connectivity index (χ0) is 18.8. The first-order valence-corrected chi connectivity index (χ1v) is 9.06. The monoisotopic (exact) mass is 366 g/mol. The lowest BCUT2D eigenvalue weighted by molar-refractivity contribution is 0.0700. The van der Waals surface area contributed by atoms with Gasteiger partial charge >= 0.3 is 0 Å². The predicted octanol–water partition coefficient (Wildman–Crippen LogP) is 1.79. The number of amides is 1. The molecule has 0 bridgehead atoms. The fourth-order valence-electron chi connectivity index (χ4n) is 3.60. The SMILES string of the molecule is Cn1c(Cn2cccn2)nnc1C1CCCN(C(=O)c2ccccc2O)C1. The summed E-state index contributed by atoms with van der Waals surface area (Å²) in [6.45, 7) is 1.81. The van der Waals surface area contributed by atoms with Gasteiger partial charge in [0.2, 0.25) is 0 Å². The summed E-state index contributed by atoms with van der Waals surface area (Å²) in [5, 5.41) is 22.9. The van der Waals surface area contributed by atoms with Crippen molar-refractivity contribution in [3.05, 3.63) is 59.9 Å². The Labute approximate surface area is 157 Å². The quantitative estimate of drug-likeness (QED) is 0.760. The highest BCUT2D eigenvalue weighted by molar-refractivity contribution is 5.96. The van der Waals surface area contributed by atoms with Crippen LogP contribution in [-0.4, -0.2) is 53.5 Å². The summed E-state index contributed by atoms with van der Waals surface area (Å²) in [5.41, 5.74) is 0.343. The molecule has 4 rings (SSSR count). The largest absolute Gasteiger partial charge is 0.507 e. The number of phenolic OH excluding ortho intramolecular Hbond substituents is 1. The summed E-state index contributed by atoms with van der Waals surface area (Å²) in [6, 6.07) is 8.55. The van der Waals surface area contributed by atoms with Gasteiger partial charge in [-0.2, -0.15) is 5.10 Å². The molecule has 8 heteroatoms. The van der Waals surface area contributed by atoms with Crippen LogP contribution in [0.15, 0.2) is 42.7 Å². The Balaban J connectivity index is 1.51. The molecule has 1 amide bonds. The molecule has 1 aliphatic rings. The van der Waals surface area contributed by atoms with E-state index in [0.717, 1.165) is 24.5 Å². The standard InChI is InChI=1S/C19H22N6O2/c1-23-17(13-25-11-5-9-20-25)21-22-18(23)14-6-4-10-24(12-14)19(27)15-7-2-3-8-16(15)26/h2-3,5,7-9,11,14,26H,4,6,10,12-13H2,1H3. The second-order valence-corrected chi connectivity index (χ2v) is 6.84. The topological polar surface area (TPSA) is 89.1 Å². The van der Waals surface area contributed by atoms with Crippen molar-refractivity contribution in [1.29, 1.82) is 0 Å². The fourth-order valence-corrected chi connectivity index (χ4v) is 3.60. The molecule has 0 saturated carbocycles. The van der Waals surface area contributed by atoms with Gasteiger partial charge in [-0.15, -0.1) is 10.2 Å². The van der Waals surface area contributed by atoms with Gasteiger partial charge in [-0.1, -0.05) is 12.1 Å². The highest BCUT2D eigenvalue weighted by Gasteiger charge is 2.29. The lowest BCUT2D eigenvalue weighted by Crippen LogP contribution is -2.39. The molecule has 1 fully saturated rings. The van der Waals surface area contributed by atoms with E-state index in [1.807, 2.05) is 28.6 Å². The van der Waals surface area contributed by atoms with Crippen LogP contribution in [0, 0.1) is 0 Å². The van der Waals surface area contributed by atoms with Crippen LogP contribution in [0.25, 0.3) is 0 Å². The average molecular weight is 366 g/mol. The van der Waals surface area contributed by atoms with Crippen molar-refractivity contribution < 1.29 is 9.90 Å². The number of aromatic hydroxyl groups is 1. The van der Waals surface area contributed by atoms with Crippen LogP contribution >= 0.6 is 0 Å². The van der Waals surface area contributed by atoms with Crippen molar-refractivity contribution in [2.75, 3.05) is 13.1 Å². The highest BCUT2D eigenvalue weighted by atomic mass is 16.3. The first-order valence-electron chi connectivity index (χ1n) is 9.06. The van der Waals surface area contributed by atoms with Crippen molar-refractivity contribution in [3.63, 3.8) is 0 Å². The van der Waals surface area contributed by atoms with Gasteiger partial charge < -0.3 is 14.6 Å². The maximum Gasteiger partial charge on any atom is 0.257 e. The van der Waals surface area contributed by atoms with Crippen molar-refractivity contribution in [3.8, 4) is 5.75 Å². The summed E-state index contributed by atoms with van der Waals surface area (Å²) in [7, 11) is 1.96. The number of carbonyl (C=O) groups excluding carboxylic acids is 1. The number of likely N-dealkylation sites (tertiary alicyclic amines) is 1. The first kappa shape index (κ1) is 17.3. The van der Waals surface area contributed by atoms with Gasteiger partial charge in [-0.3, -0.25) is 9.48 Å². The Hall–Kier alpha value is -3.16. The fraction of sp³-hybridized carbons (Fsp3) is 0.368. The minimum atomic E-state index is -0.142. The average Bonchev–Trinajstić information content (AvgIpc) is 3.32. The summed E-state index contributed by atoms with van der Waals surface area (Å²) in [5.74, 6) is 1.71. The summed E-state index contributed by atoms with van der Waals surface area (Å²) < 4.78 is 3.81. The summed E-state index contributed by atoms with van der Waals surface area (Å²) in [6.07, 6.45) is 5.48. The Morgan fingerprint density at radius 1 is 1.26 bits per heavy atom. The second kappa shape index (κ2) is 7.22. The van der Waals surface area contributed by atoms with Crippen molar-refractivity contribution in [2.24, 2.45) is 7.05 Å². The van der Waals surface area contributed by atoms with E-state index in [2.05, 4.69) is 15.3 Å². The molecule has 1 unspecified atom stereocenters. The van der Waals surface area contributed by atoms with Crippen LogP contribution in [0.5, 0.6) is 5.75 Å². The lowest BCUT2D eigenvalue weighted by Gasteiger charge is -2.32. The molecule has 1 aromatic carbocycles. The summed E-state index contributed by atoms with van der Waals surface area (Å²) >= 11 is 0. The molecule has 0 radical (unpaired) electrons. The third-order valence-corrected chi connectivity index (χ3v) is 5.07. The van der Waals surface area contributed by atoms with Gasteiger partial charge in [0.05, 0.1) is 5.56 Å². The number of piperidine rings is 1. The van der Waals surface area contributed by atoms with Crippen LogP contribution in [-0.2, 0) is 13.6 Å². The smallest absolute Gasteiger partial charge is 0.257 e. The normalized spacial score (nSPS) is 17.2. The van der Waals surface area contributed by atoms with Crippen LogP contribution in [0.2, 0.25) is 0 Å². The molecule has 140 valence electrons. The van der Waals surface area contributed by atoms with Crippen LogP contribution < -0.4 is 0 Å².